The number of benzene rings is 1. The van der Waals surface area contributed by atoms with E-state index in [0.29, 0.717) is 18.4 Å². The fraction of sp³-hybridized carbons (Fsp3) is 0.650. The number of carbonyl (C=O) groups excluding carboxylic acids is 1. The Morgan fingerprint density at radius 1 is 1.21 bits per heavy atom. The maximum atomic E-state index is 12.3. The van der Waals surface area contributed by atoms with Crippen molar-refractivity contribution in [1.29, 1.82) is 0 Å². The van der Waals surface area contributed by atoms with Crippen LogP contribution >= 0.6 is 0 Å². The van der Waals surface area contributed by atoms with Crippen LogP contribution in [-0.2, 0) is 6.54 Å². The van der Waals surface area contributed by atoms with E-state index in [-0.39, 0.29) is 11.9 Å². The van der Waals surface area contributed by atoms with Gasteiger partial charge in [0.05, 0.1) is 0 Å². The summed E-state index contributed by atoms with van der Waals surface area (Å²) >= 11 is 0. The van der Waals surface area contributed by atoms with E-state index >= 15 is 0 Å². The SMILES string of the molecule is CC(NC(=O)c1ccc(CN2CCC(CO)CC2)cc1)C1CCC1. The van der Waals surface area contributed by atoms with Crippen molar-refractivity contribution >= 4 is 5.91 Å². The number of aliphatic hydroxyl groups is 1. The van der Waals surface area contributed by atoms with Gasteiger partial charge < -0.3 is 10.4 Å². The summed E-state index contributed by atoms with van der Waals surface area (Å²) in [6.45, 7) is 5.46. The molecule has 3 rings (SSSR count). The lowest BCUT2D eigenvalue weighted by Gasteiger charge is -2.32. The van der Waals surface area contributed by atoms with Gasteiger partial charge in [-0.05, 0) is 75.2 Å². The van der Waals surface area contributed by atoms with Gasteiger partial charge >= 0.3 is 0 Å². The summed E-state index contributed by atoms with van der Waals surface area (Å²) in [5.41, 5.74) is 2.00. The van der Waals surface area contributed by atoms with E-state index in [1.807, 2.05) is 12.1 Å². The number of aliphatic hydroxyl groups excluding tert-OH is 1. The second-order valence-corrected chi connectivity index (χ2v) is 7.55. The third kappa shape index (κ3) is 4.37. The summed E-state index contributed by atoms with van der Waals surface area (Å²) in [6, 6.07) is 8.30. The third-order valence-corrected chi connectivity index (χ3v) is 5.80. The minimum atomic E-state index is 0.0460. The molecule has 2 fully saturated rings. The first-order chi connectivity index (χ1) is 11.7. The number of hydrogen-bond acceptors (Lipinski definition) is 3. The van der Waals surface area contributed by atoms with Crippen molar-refractivity contribution < 1.29 is 9.90 Å². The largest absolute Gasteiger partial charge is 0.396 e. The normalized spacial score (nSPS) is 21.2. The van der Waals surface area contributed by atoms with Crippen LogP contribution in [0.25, 0.3) is 0 Å². The molecule has 24 heavy (non-hydrogen) atoms. The first-order valence-electron chi connectivity index (χ1n) is 9.38. The quantitative estimate of drug-likeness (QED) is 0.843. The summed E-state index contributed by atoms with van der Waals surface area (Å²) in [4.78, 5) is 14.8. The zero-order valence-corrected chi connectivity index (χ0v) is 14.7. The van der Waals surface area contributed by atoms with Crippen molar-refractivity contribution in [2.24, 2.45) is 11.8 Å². The molecule has 1 heterocycles. The Hall–Kier alpha value is -1.39. The molecule has 0 spiro atoms. The number of likely N-dealkylation sites (tertiary alicyclic amines) is 1. The molecular weight excluding hydrogens is 300 g/mol. The van der Waals surface area contributed by atoms with E-state index in [4.69, 9.17) is 0 Å². The third-order valence-electron chi connectivity index (χ3n) is 5.80. The molecule has 1 amide bonds. The fourth-order valence-electron chi connectivity index (χ4n) is 3.69. The number of piperidine rings is 1. The molecule has 1 aromatic rings. The van der Waals surface area contributed by atoms with Gasteiger partial charge in [-0.15, -0.1) is 0 Å². The number of rotatable bonds is 6. The predicted octanol–water partition coefficient (Wildman–Crippen LogP) is 2.81. The van der Waals surface area contributed by atoms with E-state index in [9.17, 15) is 9.90 Å². The minimum absolute atomic E-state index is 0.0460. The molecule has 1 saturated heterocycles. The van der Waals surface area contributed by atoms with E-state index in [1.54, 1.807) is 0 Å². The minimum Gasteiger partial charge on any atom is -0.396 e. The first kappa shape index (κ1) is 17.4. The van der Waals surface area contributed by atoms with Gasteiger partial charge in [-0.25, -0.2) is 0 Å². The molecule has 4 heteroatoms. The Morgan fingerprint density at radius 2 is 1.88 bits per heavy atom. The number of nitrogens with one attached hydrogen (secondary N) is 1. The molecule has 1 aliphatic heterocycles. The Bertz CT molecular complexity index is 531. The highest BCUT2D eigenvalue weighted by molar-refractivity contribution is 5.94. The van der Waals surface area contributed by atoms with Crippen LogP contribution in [0, 0.1) is 11.8 Å². The maximum absolute atomic E-state index is 12.3. The van der Waals surface area contributed by atoms with Gasteiger partial charge in [0.2, 0.25) is 0 Å². The topological polar surface area (TPSA) is 52.6 Å². The summed E-state index contributed by atoms with van der Waals surface area (Å²) < 4.78 is 0. The molecule has 4 nitrogen and oxygen atoms in total. The molecule has 0 aromatic heterocycles. The van der Waals surface area contributed by atoms with E-state index in [1.165, 1.54) is 24.8 Å². The summed E-state index contributed by atoms with van der Waals surface area (Å²) in [5.74, 6) is 1.18. The van der Waals surface area contributed by atoms with Crippen molar-refractivity contribution in [2.75, 3.05) is 19.7 Å². The molecule has 2 aliphatic rings. The van der Waals surface area contributed by atoms with Crippen molar-refractivity contribution in [3.05, 3.63) is 35.4 Å². The van der Waals surface area contributed by atoms with E-state index < -0.39 is 0 Å². The van der Waals surface area contributed by atoms with Gasteiger partial charge in [-0.2, -0.15) is 0 Å². The monoisotopic (exact) mass is 330 g/mol. The van der Waals surface area contributed by atoms with E-state index in [0.717, 1.165) is 38.0 Å². The average molecular weight is 330 g/mol. The molecule has 132 valence electrons. The smallest absolute Gasteiger partial charge is 0.251 e. The molecule has 1 aromatic carbocycles. The van der Waals surface area contributed by atoms with Crippen LogP contribution in [-0.4, -0.2) is 41.7 Å². The number of hydrogen-bond donors (Lipinski definition) is 2. The van der Waals surface area contributed by atoms with Crippen molar-refractivity contribution in [2.45, 2.75) is 51.6 Å². The van der Waals surface area contributed by atoms with Crippen LogP contribution in [0.3, 0.4) is 0 Å². The second-order valence-electron chi connectivity index (χ2n) is 7.55. The Morgan fingerprint density at radius 3 is 2.42 bits per heavy atom. The van der Waals surface area contributed by atoms with Crippen LogP contribution < -0.4 is 5.32 Å². The van der Waals surface area contributed by atoms with Crippen LogP contribution in [0.15, 0.2) is 24.3 Å². The fourth-order valence-corrected chi connectivity index (χ4v) is 3.69. The average Bonchev–Trinajstić information content (AvgIpc) is 2.54. The standard InChI is InChI=1S/C20H30N2O2/c1-15(18-3-2-4-18)21-20(24)19-7-5-16(6-8-19)13-22-11-9-17(14-23)10-12-22/h5-8,15,17-18,23H,2-4,9-14H2,1H3,(H,21,24). The van der Waals surface area contributed by atoms with Gasteiger partial charge in [-0.3, -0.25) is 9.69 Å². The Balaban J connectivity index is 1.48. The summed E-state index contributed by atoms with van der Waals surface area (Å²) in [6.07, 6.45) is 5.95. The maximum Gasteiger partial charge on any atom is 0.251 e. The highest BCUT2D eigenvalue weighted by Crippen LogP contribution is 2.29. The van der Waals surface area contributed by atoms with Crippen molar-refractivity contribution in [1.82, 2.24) is 10.2 Å². The Labute approximate surface area is 145 Å². The van der Waals surface area contributed by atoms with Gasteiger partial charge in [0.25, 0.3) is 5.91 Å². The highest BCUT2D eigenvalue weighted by Gasteiger charge is 2.25. The molecule has 1 saturated carbocycles. The number of amides is 1. The van der Waals surface area contributed by atoms with Gasteiger partial charge in [-0.1, -0.05) is 18.6 Å². The highest BCUT2D eigenvalue weighted by atomic mass is 16.3. The van der Waals surface area contributed by atoms with Crippen molar-refractivity contribution in [3.8, 4) is 0 Å². The lowest BCUT2D eigenvalue weighted by molar-refractivity contribution is 0.0909. The lowest BCUT2D eigenvalue weighted by atomic mass is 9.80. The lowest BCUT2D eigenvalue weighted by Crippen LogP contribution is -2.40. The first-order valence-corrected chi connectivity index (χ1v) is 9.38. The number of nitrogens with zero attached hydrogens (tertiary/aromatic N) is 1. The molecular formula is C20H30N2O2. The summed E-state index contributed by atoms with van der Waals surface area (Å²) in [7, 11) is 0. The zero-order valence-electron chi connectivity index (χ0n) is 14.7. The van der Waals surface area contributed by atoms with Gasteiger partial charge in [0, 0.05) is 24.8 Å². The zero-order chi connectivity index (χ0) is 16.9. The summed E-state index contributed by atoms with van der Waals surface area (Å²) in [5, 5.41) is 12.3. The van der Waals surface area contributed by atoms with Crippen LogP contribution in [0.1, 0.15) is 54.9 Å². The molecule has 1 unspecified atom stereocenters. The molecule has 0 radical (unpaired) electrons. The Kier molecular flexibility index (Phi) is 5.90. The van der Waals surface area contributed by atoms with Gasteiger partial charge in [0.15, 0.2) is 0 Å². The number of carbonyl (C=O) groups is 1. The predicted molar refractivity (Wildman–Crippen MR) is 95.8 cm³/mol. The van der Waals surface area contributed by atoms with Crippen molar-refractivity contribution in [3.63, 3.8) is 0 Å². The van der Waals surface area contributed by atoms with Gasteiger partial charge in [0.1, 0.15) is 0 Å². The molecule has 1 aliphatic carbocycles. The van der Waals surface area contributed by atoms with E-state index in [2.05, 4.69) is 29.3 Å². The van der Waals surface area contributed by atoms with Crippen LogP contribution in [0.4, 0.5) is 0 Å². The molecule has 0 bridgehead atoms. The van der Waals surface area contributed by atoms with Crippen LogP contribution in [0.2, 0.25) is 0 Å². The second kappa shape index (κ2) is 8.13. The molecule has 2 N–H and O–H groups in total. The van der Waals surface area contributed by atoms with Crippen LogP contribution in [0.5, 0.6) is 0 Å². The molecule has 1 atom stereocenters.